The molecule has 4 aromatic rings. The molecule has 6 nitrogen and oxygen atoms in total. The lowest BCUT2D eigenvalue weighted by atomic mass is 10.0. The molecule has 0 aliphatic heterocycles. The Kier molecular flexibility index (Phi) is 3.69. The summed E-state index contributed by atoms with van der Waals surface area (Å²) in [5.74, 6) is 0. The van der Waals surface area contributed by atoms with Gasteiger partial charge in [-0.05, 0) is 35.4 Å². The minimum absolute atomic E-state index is 0.707. The fourth-order valence-electron chi connectivity index (χ4n) is 2.37. The third-order valence-corrected chi connectivity index (χ3v) is 3.49. The molecule has 0 fully saturated rings. The van der Waals surface area contributed by atoms with Crippen LogP contribution in [0.25, 0.3) is 33.9 Å². The molecule has 114 valence electrons. The lowest BCUT2D eigenvalue weighted by Crippen LogP contribution is -1.95. The molecule has 0 aliphatic carbocycles. The molecule has 0 aliphatic rings. The monoisotopic (exact) mass is 312 g/mol. The summed E-state index contributed by atoms with van der Waals surface area (Å²) in [5.41, 5.74) is 4.93. The van der Waals surface area contributed by atoms with Gasteiger partial charge in [-0.15, -0.1) is 0 Å². The van der Waals surface area contributed by atoms with Gasteiger partial charge in [-0.25, -0.2) is 4.98 Å². The van der Waals surface area contributed by atoms with E-state index in [-0.39, 0.29) is 0 Å². The predicted molar refractivity (Wildman–Crippen MR) is 89.5 cm³/mol. The summed E-state index contributed by atoms with van der Waals surface area (Å²) < 4.78 is 0. The van der Waals surface area contributed by atoms with E-state index in [0.717, 1.165) is 22.5 Å². The Morgan fingerprint density at radius 3 is 1.58 bits per heavy atom. The fraction of sp³-hybridized carbons (Fsp3) is 0. The number of rotatable bonds is 3. The molecular weight excluding hydrogens is 300 g/mol. The quantitative estimate of drug-likeness (QED) is 0.578. The average Bonchev–Trinajstić information content (AvgIpc) is 2.70. The smallest absolute Gasteiger partial charge is 0.107 e. The van der Waals surface area contributed by atoms with E-state index in [0.29, 0.717) is 11.4 Å². The van der Waals surface area contributed by atoms with Crippen molar-refractivity contribution in [2.45, 2.75) is 0 Å². The van der Waals surface area contributed by atoms with Gasteiger partial charge in [0.15, 0.2) is 0 Å². The highest BCUT2D eigenvalue weighted by molar-refractivity contribution is 5.74. The van der Waals surface area contributed by atoms with Gasteiger partial charge in [0.05, 0.1) is 23.8 Å². The molecule has 0 bridgehead atoms. The van der Waals surface area contributed by atoms with E-state index >= 15 is 0 Å². The van der Waals surface area contributed by atoms with Crippen LogP contribution in [-0.2, 0) is 0 Å². The number of hydrogen-bond acceptors (Lipinski definition) is 6. The highest BCUT2D eigenvalue weighted by Crippen LogP contribution is 2.27. The van der Waals surface area contributed by atoms with Crippen molar-refractivity contribution in [3.8, 4) is 33.9 Å². The predicted octanol–water partition coefficient (Wildman–Crippen LogP) is 3.06. The van der Waals surface area contributed by atoms with Crippen LogP contribution in [0.5, 0.6) is 0 Å². The largest absolute Gasteiger partial charge is 0.265 e. The standard InChI is InChI=1S/C18H12N6/c1-3-19-4-2-13(1)14-9-15(17-11-20-5-7-22-17)24-16(10-14)18-12-21-6-8-23-18/h1-12H. The molecule has 0 saturated heterocycles. The van der Waals surface area contributed by atoms with Crippen LogP contribution >= 0.6 is 0 Å². The number of nitrogens with zero attached hydrogens (tertiary/aromatic N) is 6. The van der Waals surface area contributed by atoms with Gasteiger partial charge in [-0.3, -0.25) is 24.9 Å². The molecule has 0 N–H and O–H groups in total. The van der Waals surface area contributed by atoms with E-state index in [1.165, 1.54) is 0 Å². The topological polar surface area (TPSA) is 77.3 Å². The Balaban J connectivity index is 1.92. The van der Waals surface area contributed by atoms with Gasteiger partial charge in [0.25, 0.3) is 0 Å². The van der Waals surface area contributed by atoms with Crippen molar-refractivity contribution < 1.29 is 0 Å². The molecule has 0 amide bonds. The normalized spacial score (nSPS) is 10.5. The molecule has 6 heteroatoms. The summed E-state index contributed by atoms with van der Waals surface area (Å²) >= 11 is 0. The maximum Gasteiger partial charge on any atom is 0.107 e. The van der Waals surface area contributed by atoms with Gasteiger partial charge in [-0.1, -0.05) is 0 Å². The fourth-order valence-corrected chi connectivity index (χ4v) is 2.37. The van der Waals surface area contributed by atoms with Crippen LogP contribution in [0.3, 0.4) is 0 Å². The number of aromatic nitrogens is 6. The van der Waals surface area contributed by atoms with Gasteiger partial charge in [-0.2, -0.15) is 0 Å². The van der Waals surface area contributed by atoms with E-state index in [4.69, 9.17) is 0 Å². The van der Waals surface area contributed by atoms with Gasteiger partial charge in [0.2, 0.25) is 0 Å². The molecule has 0 saturated carbocycles. The van der Waals surface area contributed by atoms with Crippen LogP contribution in [0.4, 0.5) is 0 Å². The summed E-state index contributed by atoms with van der Waals surface area (Å²) in [6.45, 7) is 0. The minimum atomic E-state index is 0.707. The maximum atomic E-state index is 4.68. The van der Waals surface area contributed by atoms with E-state index in [1.807, 2.05) is 24.3 Å². The van der Waals surface area contributed by atoms with Crippen LogP contribution in [0.15, 0.2) is 73.8 Å². The molecular formula is C18H12N6. The molecule has 4 aromatic heterocycles. The van der Waals surface area contributed by atoms with Gasteiger partial charge >= 0.3 is 0 Å². The third-order valence-electron chi connectivity index (χ3n) is 3.49. The van der Waals surface area contributed by atoms with Crippen LogP contribution in [0.2, 0.25) is 0 Å². The Labute approximate surface area is 138 Å². The number of pyridine rings is 2. The van der Waals surface area contributed by atoms with Crippen molar-refractivity contribution in [2.75, 3.05) is 0 Å². The molecule has 4 heterocycles. The van der Waals surface area contributed by atoms with Crippen LogP contribution in [0, 0.1) is 0 Å². The minimum Gasteiger partial charge on any atom is -0.265 e. The van der Waals surface area contributed by atoms with E-state index < -0.39 is 0 Å². The average molecular weight is 312 g/mol. The lowest BCUT2D eigenvalue weighted by molar-refractivity contribution is 1.15. The molecule has 24 heavy (non-hydrogen) atoms. The molecule has 0 unspecified atom stereocenters. The van der Waals surface area contributed by atoms with E-state index in [9.17, 15) is 0 Å². The second kappa shape index (κ2) is 6.29. The zero-order valence-corrected chi connectivity index (χ0v) is 12.6. The highest BCUT2D eigenvalue weighted by Gasteiger charge is 2.10. The first-order valence-corrected chi connectivity index (χ1v) is 7.35. The Morgan fingerprint density at radius 2 is 1.08 bits per heavy atom. The van der Waals surface area contributed by atoms with E-state index in [2.05, 4.69) is 29.9 Å². The van der Waals surface area contributed by atoms with Gasteiger partial charge < -0.3 is 0 Å². The lowest BCUT2D eigenvalue weighted by Gasteiger charge is -2.08. The Bertz CT molecular complexity index is 803. The zero-order valence-electron chi connectivity index (χ0n) is 12.6. The molecule has 0 atom stereocenters. The van der Waals surface area contributed by atoms with Crippen LogP contribution in [0.1, 0.15) is 0 Å². The molecule has 4 rings (SSSR count). The van der Waals surface area contributed by atoms with Crippen molar-refractivity contribution in [3.05, 3.63) is 73.8 Å². The SMILES string of the molecule is c1cc(-c2cc(-c3cnccn3)nc(-c3cnccn3)c2)ccn1. The second-order valence-electron chi connectivity index (χ2n) is 5.04. The first kappa shape index (κ1) is 14.1. The summed E-state index contributed by atoms with van der Waals surface area (Å²) in [5, 5.41) is 0. The van der Waals surface area contributed by atoms with Crippen LogP contribution < -0.4 is 0 Å². The Hall–Kier alpha value is -3.54. The highest BCUT2D eigenvalue weighted by atomic mass is 14.9. The van der Waals surface area contributed by atoms with Gasteiger partial charge in [0.1, 0.15) is 11.4 Å². The van der Waals surface area contributed by atoms with Crippen LogP contribution in [-0.4, -0.2) is 29.9 Å². The second-order valence-corrected chi connectivity index (χ2v) is 5.04. The summed E-state index contributed by atoms with van der Waals surface area (Å²) in [6.07, 6.45) is 13.5. The zero-order chi connectivity index (χ0) is 16.2. The van der Waals surface area contributed by atoms with Crippen molar-refractivity contribution in [1.82, 2.24) is 29.9 Å². The van der Waals surface area contributed by atoms with Crippen molar-refractivity contribution >= 4 is 0 Å². The molecule has 0 spiro atoms. The van der Waals surface area contributed by atoms with Gasteiger partial charge in [0, 0.05) is 37.2 Å². The molecule has 0 aromatic carbocycles. The van der Waals surface area contributed by atoms with E-state index in [1.54, 1.807) is 49.6 Å². The summed E-state index contributed by atoms with van der Waals surface area (Å²) in [4.78, 5) is 25.7. The summed E-state index contributed by atoms with van der Waals surface area (Å²) in [6, 6.07) is 7.88. The third kappa shape index (κ3) is 2.85. The van der Waals surface area contributed by atoms with Crippen molar-refractivity contribution in [3.63, 3.8) is 0 Å². The number of hydrogen-bond donors (Lipinski definition) is 0. The molecule has 0 radical (unpaired) electrons. The first-order chi connectivity index (χ1) is 11.9. The Morgan fingerprint density at radius 1 is 0.500 bits per heavy atom. The van der Waals surface area contributed by atoms with Crippen molar-refractivity contribution in [1.29, 1.82) is 0 Å². The van der Waals surface area contributed by atoms with Crippen molar-refractivity contribution in [2.24, 2.45) is 0 Å². The first-order valence-electron chi connectivity index (χ1n) is 7.35. The maximum absolute atomic E-state index is 4.68. The summed E-state index contributed by atoms with van der Waals surface area (Å²) in [7, 11) is 0.